The van der Waals surface area contributed by atoms with Gasteiger partial charge in [0.25, 0.3) is 0 Å². The van der Waals surface area contributed by atoms with Crippen molar-refractivity contribution in [1.82, 2.24) is 0 Å². The van der Waals surface area contributed by atoms with Gasteiger partial charge in [-0.25, -0.2) is 8.78 Å². The third kappa shape index (κ3) is 5.27. The molecule has 0 amide bonds. The van der Waals surface area contributed by atoms with E-state index in [9.17, 15) is 8.78 Å². The van der Waals surface area contributed by atoms with Crippen molar-refractivity contribution in [3.63, 3.8) is 0 Å². The number of hydrogen-bond acceptors (Lipinski definition) is 0. The molecule has 4 rings (SSSR count). The second-order valence-corrected chi connectivity index (χ2v) is 9.51. The van der Waals surface area contributed by atoms with Gasteiger partial charge in [0.1, 0.15) is 11.6 Å². The predicted molar refractivity (Wildman–Crippen MR) is 124 cm³/mol. The van der Waals surface area contributed by atoms with Crippen LogP contribution in [0.2, 0.25) is 0 Å². The van der Waals surface area contributed by atoms with Gasteiger partial charge in [0.2, 0.25) is 0 Å². The Morgan fingerprint density at radius 2 is 1.55 bits per heavy atom. The summed E-state index contributed by atoms with van der Waals surface area (Å²) in [6, 6.07) is 11.1. The lowest BCUT2D eigenvalue weighted by Gasteiger charge is -2.42. The van der Waals surface area contributed by atoms with Gasteiger partial charge in [-0.15, -0.1) is 6.58 Å². The number of fused-ring (bicyclic) bond motifs is 1. The second-order valence-electron chi connectivity index (χ2n) is 9.51. The van der Waals surface area contributed by atoms with E-state index in [-0.39, 0.29) is 5.56 Å². The summed E-state index contributed by atoms with van der Waals surface area (Å²) in [5, 5.41) is 0. The highest BCUT2D eigenvalue weighted by Gasteiger charge is 2.35. The standard InChI is InChI=1S/C29H32F2/c1-3-4-5-22-10-13-27-19-26(15-14-25(27)16-22)24-11-8-21(9-12-24)6-7-23-17-28(30)20(2)29(31)18-23/h3,8-9,11-12,17-18,22,25-27H,1,4-5,10,13-16,19H2,2H3. The van der Waals surface area contributed by atoms with Crippen LogP contribution in [-0.2, 0) is 0 Å². The molecule has 0 spiro atoms. The molecule has 2 aliphatic rings. The van der Waals surface area contributed by atoms with Crippen molar-refractivity contribution >= 4 is 0 Å². The van der Waals surface area contributed by atoms with Gasteiger partial charge in [-0.3, -0.25) is 0 Å². The van der Waals surface area contributed by atoms with Crippen molar-refractivity contribution in [1.29, 1.82) is 0 Å². The smallest absolute Gasteiger partial charge is 0.130 e. The van der Waals surface area contributed by atoms with E-state index >= 15 is 0 Å². The van der Waals surface area contributed by atoms with E-state index in [1.807, 2.05) is 12.1 Å². The van der Waals surface area contributed by atoms with Crippen molar-refractivity contribution in [2.45, 2.75) is 64.2 Å². The Morgan fingerprint density at radius 3 is 2.26 bits per heavy atom. The molecule has 0 bridgehead atoms. The average molecular weight is 419 g/mol. The molecule has 4 atom stereocenters. The zero-order valence-corrected chi connectivity index (χ0v) is 18.5. The highest BCUT2D eigenvalue weighted by atomic mass is 19.1. The minimum atomic E-state index is -0.551. The molecule has 2 aromatic rings. The summed E-state index contributed by atoms with van der Waals surface area (Å²) in [6.07, 6.45) is 12.7. The monoisotopic (exact) mass is 418 g/mol. The van der Waals surface area contributed by atoms with Gasteiger partial charge in [-0.1, -0.05) is 36.5 Å². The molecule has 2 aromatic carbocycles. The van der Waals surface area contributed by atoms with E-state index in [0.29, 0.717) is 11.5 Å². The second kappa shape index (κ2) is 9.82. The lowest BCUT2D eigenvalue weighted by atomic mass is 9.63. The summed E-state index contributed by atoms with van der Waals surface area (Å²) >= 11 is 0. The van der Waals surface area contributed by atoms with Gasteiger partial charge in [0.05, 0.1) is 0 Å². The normalized spacial score (nSPS) is 25.3. The van der Waals surface area contributed by atoms with Crippen LogP contribution in [0, 0.1) is 48.2 Å². The maximum absolute atomic E-state index is 13.7. The zero-order chi connectivity index (χ0) is 21.8. The molecule has 0 aromatic heterocycles. The van der Waals surface area contributed by atoms with Crippen molar-refractivity contribution in [2.75, 3.05) is 0 Å². The van der Waals surface area contributed by atoms with Gasteiger partial charge < -0.3 is 0 Å². The Morgan fingerprint density at radius 1 is 0.903 bits per heavy atom. The summed E-state index contributed by atoms with van der Waals surface area (Å²) < 4.78 is 27.4. The van der Waals surface area contributed by atoms with E-state index < -0.39 is 11.6 Å². The Labute approximate surface area is 185 Å². The van der Waals surface area contributed by atoms with Crippen LogP contribution in [0.1, 0.15) is 79.5 Å². The molecular weight excluding hydrogens is 386 g/mol. The van der Waals surface area contributed by atoms with Crippen molar-refractivity contribution in [2.24, 2.45) is 17.8 Å². The van der Waals surface area contributed by atoms with Crippen LogP contribution in [0.3, 0.4) is 0 Å². The van der Waals surface area contributed by atoms with E-state index in [0.717, 1.165) is 29.7 Å². The molecule has 0 N–H and O–H groups in total. The highest BCUT2D eigenvalue weighted by molar-refractivity contribution is 5.45. The molecule has 2 fully saturated rings. The molecule has 0 saturated heterocycles. The first-order chi connectivity index (χ1) is 15.0. The minimum absolute atomic E-state index is 0.0369. The largest absolute Gasteiger partial charge is 0.207 e. The third-order valence-corrected chi connectivity index (χ3v) is 7.51. The van der Waals surface area contributed by atoms with Crippen LogP contribution < -0.4 is 0 Å². The molecule has 0 aliphatic heterocycles. The van der Waals surface area contributed by atoms with Crippen molar-refractivity contribution < 1.29 is 8.78 Å². The van der Waals surface area contributed by atoms with Gasteiger partial charge >= 0.3 is 0 Å². The van der Waals surface area contributed by atoms with Crippen LogP contribution in [-0.4, -0.2) is 0 Å². The van der Waals surface area contributed by atoms with Gasteiger partial charge in [-0.05, 0) is 105 Å². The lowest BCUT2D eigenvalue weighted by molar-refractivity contribution is 0.115. The molecule has 2 heteroatoms. The number of halogens is 2. The number of allylic oxidation sites excluding steroid dienone is 1. The van der Waals surface area contributed by atoms with E-state index in [4.69, 9.17) is 0 Å². The fourth-order valence-electron chi connectivity index (χ4n) is 5.61. The summed E-state index contributed by atoms with van der Waals surface area (Å²) in [5.41, 5.74) is 2.69. The molecular formula is C29H32F2. The maximum atomic E-state index is 13.7. The van der Waals surface area contributed by atoms with Crippen LogP contribution in [0.4, 0.5) is 8.78 Å². The molecule has 0 radical (unpaired) electrons. The first kappa shape index (κ1) is 21.8. The fourth-order valence-corrected chi connectivity index (χ4v) is 5.61. The topological polar surface area (TPSA) is 0 Å². The first-order valence-corrected chi connectivity index (χ1v) is 11.7. The summed E-state index contributed by atoms with van der Waals surface area (Å²) in [5.74, 6) is 8.18. The Balaban J connectivity index is 1.37. The predicted octanol–water partition coefficient (Wildman–Crippen LogP) is 7.94. The Hall–Kier alpha value is -2.40. The molecule has 162 valence electrons. The minimum Gasteiger partial charge on any atom is -0.207 e. The number of rotatable bonds is 4. The maximum Gasteiger partial charge on any atom is 0.130 e. The molecule has 0 heterocycles. The molecule has 4 unspecified atom stereocenters. The zero-order valence-electron chi connectivity index (χ0n) is 18.5. The summed E-state index contributed by atoms with van der Waals surface area (Å²) in [4.78, 5) is 0. The van der Waals surface area contributed by atoms with Crippen LogP contribution in [0.25, 0.3) is 0 Å². The van der Waals surface area contributed by atoms with Crippen LogP contribution in [0.5, 0.6) is 0 Å². The van der Waals surface area contributed by atoms with Crippen LogP contribution in [0.15, 0.2) is 49.1 Å². The molecule has 31 heavy (non-hydrogen) atoms. The third-order valence-electron chi connectivity index (χ3n) is 7.51. The quantitative estimate of drug-likeness (QED) is 0.349. The van der Waals surface area contributed by atoms with E-state index in [1.54, 1.807) is 0 Å². The van der Waals surface area contributed by atoms with Crippen molar-refractivity contribution in [3.05, 3.63) is 82.9 Å². The molecule has 0 nitrogen and oxygen atoms in total. The van der Waals surface area contributed by atoms with Crippen molar-refractivity contribution in [3.8, 4) is 11.8 Å². The Bertz CT molecular complexity index is 953. The highest BCUT2D eigenvalue weighted by Crippen LogP contribution is 2.48. The van der Waals surface area contributed by atoms with Gasteiger partial charge in [-0.2, -0.15) is 0 Å². The molecule has 2 aliphatic carbocycles. The average Bonchev–Trinajstić information content (AvgIpc) is 2.79. The first-order valence-electron chi connectivity index (χ1n) is 11.7. The van der Waals surface area contributed by atoms with Gasteiger partial charge in [0.15, 0.2) is 0 Å². The van der Waals surface area contributed by atoms with Crippen LogP contribution >= 0.6 is 0 Å². The van der Waals surface area contributed by atoms with E-state index in [1.165, 1.54) is 69.6 Å². The Kier molecular flexibility index (Phi) is 6.91. The fraction of sp³-hybridized carbons (Fsp3) is 0.448. The van der Waals surface area contributed by atoms with E-state index in [2.05, 4.69) is 36.6 Å². The number of hydrogen-bond donors (Lipinski definition) is 0. The number of benzene rings is 2. The van der Waals surface area contributed by atoms with Gasteiger partial charge in [0, 0.05) is 16.7 Å². The SMILES string of the molecule is C=CCCC1CCC2CC(c3ccc(C#Cc4cc(F)c(C)c(F)c4)cc3)CCC2C1. The lowest BCUT2D eigenvalue weighted by Crippen LogP contribution is -2.30. The summed E-state index contributed by atoms with van der Waals surface area (Å²) in [6.45, 7) is 5.31. The summed E-state index contributed by atoms with van der Waals surface area (Å²) in [7, 11) is 0. The molecule has 2 saturated carbocycles.